The van der Waals surface area contributed by atoms with Crippen molar-refractivity contribution in [2.75, 3.05) is 27.4 Å². The first-order chi connectivity index (χ1) is 10.1. The Labute approximate surface area is 123 Å². The van der Waals surface area contributed by atoms with Crippen LogP contribution < -0.4 is 10.6 Å². The lowest BCUT2D eigenvalue weighted by molar-refractivity contribution is -0.139. The first-order valence-electron chi connectivity index (χ1n) is 6.42. The van der Waals surface area contributed by atoms with Gasteiger partial charge in [0.15, 0.2) is 6.04 Å². The number of carbonyl (C=O) groups is 2. The van der Waals surface area contributed by atoms with Gasteiger partial charge in [-0.25, -0.2) is 9.59 Å². The second-order valence-corrected chi connectivity index (χ2v) is 4.35. The molecule has 0 saturated carbocycles. The van der Waals surface area contributed by atoms with E-state index in [0.717, 1.165) is 0 Å². The summed E-state index contributed by atoms with van der Waals surface area (Å²) in [5, 5.41) is 14.2. The van der Waals surface area contributed by atoms with Crippen molar-refractivity contribution in [2.24, 2.45) is 0 Å². The number of amides is 2. The molecule has 0 fully saturated rings. The van der Waals surface area contributed by atoms with Crippen molar-refractivity contribution in [1.29, 1.82) is 0 Å². The van der Waals surface area contributed by atoms with Crippen LogP contribution in [0.5, 0.6) is 0 Å². The number of benzene rings is 1. The van der Waals surface area contributed by atoms with Crippen LogP contribution in [-0.2, 0) is 14.3 Å². The van der Waals surface area contributed by atoms with E-state index in [4.69, 9.17) is 9.47 Å². The van der Waals surface area contributed by atoms with Crippen LogP contribution in [0.3, 0.4) is 0 Å². The summed E-state index contributed by atoms with van der Waals surface area (Å²) < 4.78 is 10.0. The lowest BCUT2D eigenvalue weighted by Gasteiger charge is -2.18. The molecule has 21 heavy (non-hydrogen) atoms. The van der Waals surface area contributed by atoms with Crippen LogP contribution in [-0.4, -0.2) is 50.6 Å². The molecule has 2 atom stereocenters. The van der Waals surface area contributed by atoms with Gasteiger partial charge in [0, 0.05) is 20.8 Å². The Kier molecular flexibility index (Phi) is 7.20. The topological polar surface area (TPSA) is 96.9 Å². The number of ether oxygens (including phenoxy) is 2. The minimum atomic E-state index is -1.13. The van der Waals surface area contributed by atoms with E-state index in [1.54, 1.807) is 30.3 Å². The van der Waals surface area contributed by atoms with E-state index in [0.29, 0.717) is 12.2 Å². The number of nitrogens with one attached hydrogen (secondary N) is 2. The Bertz CT molecular complexity index is 452. The molecular weight excluding hydrogens is 276 g/mol. The van der Waals surface area contributed by atoms with E-state index in [-0.39, 0.29) is 12.6 Å². The summed E-state index contributed by atoms with van der Waals surface area (Å²) in [6.45, 7) is 0.551. The summed E-state index contributed by atoms with van der Waals surface area (Å²) in [5.41, 5.74) is 0.500. The Morgan fingerprint density at radius 3 is 2.43 bits per heavy atom. The van der Waals surface area contributed by atoms with E-state index < -0.39 is 18.0 Å². The zero-order valence-electron chi connectivity index (χ0n) is 12.0. The molecule has 1 aromatic rings. The van der Waals surface area contributed by atoms with Crippen molar-refractivity contribution in [3.8, 4) is 0 Å². The molecule has 0 aromatic heterocycles. The summed E-state index contributed by atoms with van der Waals surface area (Å²) in [6, 6.07) is 6.80. The monoisotopic (exact) mass is 296 g/mol. The number of rotatable bonds is 8. The minimum absolute atomic E-state index is 0.220. The van der Waals surface area contributed by atoms with Crippen LogP contribution >= 0.6 is 0 Å². The number of hydrogen-bond donors (Lipinski definition) is 3. The SMILES string of the molecule is COCC(CNC(=O)N[C@H](C(=O)O)c1ccccc1)OC. The van der Waals surface area contributed by atoms with E-state index in [9.17, 15) is 14.7 Å². The highest BCUT2D eigenvalue weighted by molar-refractivity contribution is 5.83. The third kappa shape index (κ3) is 5.80. The standard InChI is InChI=1S/C14H20N2O5/c1-20-9-11(21-2)8-15-14(19)16-12(13(17)18)10-6-4-3-5-7-10/h3-7,11-12H,8-9H2,1-2H3,(H,17,18)(H2,15,16,19)/t11?,12-/m0/s1. The van der Waals surface area contributed by atoms with Crippen molar-refractivity contribution < 1.29 is 24.2 Å². The largest absolute Gasteiger partial charge is 0.479 e. The number of carboxylic acid groups (broad SMARTS) is 1. The maximum Gasteiger partial charge on any atom is 0.330 e. The Balaban J connectivity index is 2.56. The van der Waals surface area contributed by atoms with Gasteiger partial charge in [0.25, 0.3) is 0 Å². The molecule has 1 rings (SSSR count). The zero-order valence-corrected chi connectivity index (χ0v) is 12.0. The number of aliphatic carboxylic acids is 1. The maximum absolute atomic E-state index is 11.8. The van der Waals surface area contributed by atoms with Crippen molar-refractivity contribution in [3.05, 3.63) is 35.9 Å². The Morgan fingerprint density at radius 2 is 1.90 bits per heavy atom. The minimum Gasteiger partial charge on any atom is -0.479 e. The molecule has 2 amide bonds. The van der Waals surface area contributed by atoms with Crippen molar-refractivity contribution in [1.82, 2.24) is 10.6 Å². The van der Waals surface area contributed by atoms with Crippen molar-refractivity contribution in [3.63, 3.8) is 0 Å². The molecule has 0 bridgehead atoms. The number of urea groups is 1. The van der Waals surface area contributed by atoms with Crippen LogP contribution in [0.25, 0.3) is 0 Å². The van der Waals surface area contributed by atoms with E-state index in [2.05, 4.69) is 10.6 Å². The summed E-state index contributed by atoms with van der Waals surface area (Å²) in [4.78, 5) is 23.0. The molecule has 0 spiro atoms. The normalized spacial score (nSPS) is 13.2. The predicted octanol–water partition coefficient (Wildman–Crippen LogP) is 0.773. The summed E-state index contributed by atoms with van der Waals surface area (Å²) in [6.07, 6.45) is -0.291. The fourth-order valence-electron chi connectivity index (χ4n) is 1.72. The highest BCUT2D eigenvalue weighted by Crippen LogP contribution is 2.12. The zero-order chi connectivity index (χ0) is 15.7. The smallest absolute Gasteiger partial charge is 0.330 e. The molecule has 7 heteroatoms. The average molecular weight is 296 g/mol. The Morgan fingerprint density at radius 1 is 1.24 bits per heavy atom. The molecule has 0 heterocycles. The molecule has 0 saturated heterocycles. The number of methoxy groups -OCH3 is 2. The number of carboxylic acids is 1. The van der Waals surface area contributed by atoms with Gasteiger partial charge in [-0.2, -0.15) is 0 Å². The van der Waals surface area contributed by atoms with Crippen LogP contribution in [0.2, 0.25) is 0 Å². The van der Waals surface area contributed by atoms with Gasteiger partial charge in [-0.05, 0) is 5.56 Å². The quantitative estimate of drug-likeness (QED) is 0.658. The molecule has 3 N–H and O–H groups in total. The van der Waals surface area contributed by atoms with Crippen LogP contribution in [0.15, 0.2) is 30.3 Å². The molecule has 7 nitrogen and oxygen atoms in total. The molecule has 0 aliphatic heterocycles. The second-order valence-electron chi connectivity index (χ2n) is 4.35. The van der Waals surface area contributed by atoms with Gasteiger partial charge in [0.05, 0.1) is 12.7 Å². The molecule has 1 unspecified atom stereocenters. The highest BCUT2D eigenvalue weighted by atomic mass is 16.5. The van der Waals surface area contributed by atoms with E-state index >= 15 is 0 Å². The fourth-order valence-corrected chi connectivity index (χ4v) is 1.72. The van der Waals surface area contributed by atoms with Crippen molar-refractivity contribution >= 4 is 12.0 Å². The Hall–Kier alpha value is -2.12. The van der Waals surface area contributed by atoms with E-state index in [1.165, 1.54) is 14.2 Å². The fraction of sp³-hybridized carbons (Fsp3) is 0.429. The molecule has 116 valence electrons. The van der Waals surface area contributed by atoms with Crippen LogP contribution in [0, 0.1) is 0 Å². The number of hydrogen-bond acceptors (Lipinski definition) is 4. The molecule has 1 aromatic carbocycles. The predicted molar refractivity (Wildman–Crippen MR) is 76.0 cm³/mol. The first kappa shape index (κ1) is 16.9. The molecule has 0 radical (unpaired) electrons. The number of carbonyl (C=O) groups excluding carboxylic acids is 1. The van der Waals surface area contributed by atoms with Gasteiger partial charge in [0.2, 0.25) is 0 Å². The van der Waals surface area contributed by atoms with Gasteiger partial charge in [-0.15, -0.1) is 0 Å². The third-order valence-electron chi connectivity index (χ3n) is 2.83. The first-order valence-corrected chi connectivity index (χ1v) is 6.42. The summed E-state index contributed by atoms with van der Waals surface area (Å²) in [7, 11) is 3.04. The summed E-state index contributed by atoms with van der Waals surface area (Å²) in [5.74, 6) is -1.13. The van der Waals surface area contributed by atoms with Gasteiger partial charge < -0.3 is 25.2 Å². The van der Waals surface area contributed by atoms with Gasteiger partial charge in [0.1, 0.15) is 0 Å². The molecule has 0 aliphatic rings. The van der Waals surface area contributed by atoms with Gasteiger partial charge in [-0.1, -0.05) is 30.3 Å². The van der Waals surface area contributed by atoms with Gasteiger partial charge in [-0.3, -0.25) is 0 Å². The van der Waals surface area contributed by atoms with Crippen molar-refractivity contribution in [2.45, 2.75) is 12.1 Å². The molecule has 0 aliphatic carbocycles. The maximum atomic E-state index is 11.8. The molecular formula is C14H20N2O5. The van der Waals surface area contributed by atoms with E-state index in [1.807, 2.05) is 0 Å². The third-order valence-corrected chi connectivity index (χ3v) is 2.83. The summed E-state index contributed by atoms with van der Waals surface area (Å²) >= 11 is 0. The highest BCUT2D eigenvalue weighted by Gasteiger charge is 2.22. The van der Waals surface area contributed by atoms with Crippen LogP contribution in [0.1, 0.15) is 11.6 Å². The lowest BCUT2D eigenvalue weighted by atomic mass is 10.1. The van der Waals surface area contributed by atoms with Gasteiger partial charge >= 0.3 is 12.0 Å². The average Bonchev–Trinajstić information content (AvgIpc) is 2.49. The lowest BCUT2D eigenvalue weighted by Crippen LogP contribution is -2.44. The second kappa shape index (κ2) is 8.93. The van der Waals surface area contributed by atoms with Crippen LogP contribution in [0.4, 0.5) is 4.79 Å².